The van der Waals surface area contributed by atoms with E-state index < -0.39 is 80.6 Å². The monoisotopic (exact) mass is 648 g/mol. The van der Waals surface area contributed by atoms with Crippen LogP contribution in [0.25, 0.3) is 0 Å². The highest BCUT2D eigenvalue weighted by atomic mass is 32.2. The minimum absolute atomic E-state index is 0.115. The summed E-state index contributed by atoms with van der Waals surface area (Å²) in [7, 11) is -5.98. The molecule has 14 heteroatoms. The van der Waals surface area contributed by atoms with Crippen molar-refractivity contribution in [3.05, 3.63) is 0 Å². The molecule has 4 atom stereocenters. The van der Waals surface area contributed by atoms with Crippen LogP contribution < -0.4 is 0 Å². The Hall–Kier alpha value is -1.45. The van der Waals surface area contributed by atoms with Gasteiger partial charge in [0.05, 0.1) is 18.6 Å². The van der Waals surface area contributed by atoms with Gasteiger partial charge in [0.2, 0.25) is 0 Å². The summed E-state index contributed by atoms with van der Waals surface area (Å²) >= 11 is 0. The van der Waals surface area contributed by atoms with E-state index in [9.17, 15) is 26.8 Å². The van der Waals surface area contributed by atoms with E-state index in [1.54, 1.807) is 0 Å². The van der Waals surface area contributed by atoms with Crippen molar-refractivity contribution in [2.45, 2.75) is 138 Å². The van der Waals surface area contributed by atoms with Crippen molar-refractivity contribution in [2.24, 2.45) is 23.2 Å². The van der Waals surface area contributed by atoms with Crippen molar-refractivity contribution in [2.75, 3.05) is 13.2 Å². The van der Waals surface area contributed by atoms with E-state index in [1.807, 2.05) is 0 Å². The number of halogens is 2. The molecule has 8 aliphatic rings. The van der Waals surface area contributed by atoms with Crippen LogP contribution >= 0.6 is 0 Å². The molecular formula is C30H42F2O11S. The minimum Gasteiger partial charge on any atom is -0.456 e. The number of rotatable bonds is 7. The fraction of sp³-hybridized carbons (Fsp3) is 0.933. The van der Waals surface area contributed by atoms with E-state index >= 15 is 0 Å². The topological polar surface area (TPSA) is 144 Å². The van der Waals surface area contributed by atoms with Gasteiger partial charge in [0.15, 0.2) is 17.7 Å². The number of hydrogen-bond donors (Lipinski definition) is 1. The van der Waals surface area contributed by atoms with Crippen LogP contribution in [0.15, 0.2) is 0 Å². The Labute approximate surface area is 255 Å². The first-order valence-electron chi connectivity index (χ1n) is 16.2. The average Bonchev–Trinajstić information content (AvgIpc) is 3.57. The molecular weight excluding hydrogens is 606 g/mol. The highest BCUT2D eigenvalue weighted by Crippen LogP contribution is 2.61. The van der Waals surface area contributed by atoms with Crippen molar-refractivity contribution in [1.29, 1.82) is 0 Å². The quantitative estimate of drug-likeness (QED) is 0.312. The summed E-state index contributed by atoms with van der Waals surface area (Å²) in [5, 5.41) is -5.07. The van der Waals surface area contributed by atoms with E-state index in [4.69, 9.17) is 33.0 Å². The van der Waals surface area contributed by atoms with Crippen LogP contribution in [0.4, 0.5) is 8.78 Å². The Morgan fingerprint density at radius 3 is 1.80 bits per heavy atom. The highest BCUT2D eigenvalue weighted by molar-refractivity contribution is 7.87. The van der Waals surface area contributed by atoms with Gasteiger partial charge in [-0.05, 0) is 75.5 Å². The van der Waals surface area contributed by atoms with Crippen LogP contribution in [-0.2, 0) is 48.1 Å². The molecule has 0 aromatic heterocycles. The third-order valence-electron chi connectivity index (χ3n) is 11.4. The maximum Gasteiger partial charge on any atom is 0.465 e. The van der Waals surface area contributed by atoms with Crippen molar-refractivity contribution >= 4 is 22.1 Å². The van der Waals surface area contributed by atoms with Gasteiger partial charge in [-0.15, -0.1) is 0 Å². The number of carbonyl (C=O) groups excluding carboxylic acids is 2. The Balaban J connectivity index is 1.08. The first-order chi connectivity index (χ1) is 20.8. The van der Waals surface area contributed by atoms with Gasteiger partial charge in [0, 0.05) is 25.7 Å². The van der Waals surface area contributed by atoms with E-state index in [0.29, 0.717) is 19.3 Å². The zero-order valence-corrected chi connectivity index (χ0v) is 25.6. The number of esters is 2. The van der Waals surface area contributed by atoms with Gasteiger partial charge in [0.25, 0.3) is 0 Å². The van der Waals surface area contributed by atoms with Gasteiger partial charge >= 0.3 is 27.3 Å². The van der Waals surface area contributed by atoms with E-state index in [2.05, 4.69) is 0 Å². The number of hydrogen-bond acceptors (Lipinski definition) is 10. The Bertz CT molecular complexity index is 1190. The molecule has 0 radical (unpaired) electrons. The molecule has 2 heterocycles. The summed E-state index contributed by atoms with van der Waals surface area (Å²) in [4.78, 5) is 26.4. The predicted molar refractivity (Wildman–Crippen MR) is 146 cm³/mol. The van der Waals surface area contributed by atoms with Crippen molar-refractivity contribution < 1.29 is 59.8 Å². The molecule has 6 aliphatic carbocycles. The van der Waals surface area contributed by atoms with E-state index in [-0.39, 0.29) is 32.0 Å². The molecule has 248 valence electrons. The standard InChI is InChI=1S/C30H42F2O11S/c31-30(32,44(35,36)37)26(34)40-23-19-11-18-12-20(23)15-27(13-18,14-19)25(33)41-24(21-16-38-28(42-21)7-3-1-4-8-28)22-17-39-29(43-22)9-5-2-6-10-29/h18-24H,1-17H2,(H,35,36,37). The lowest BCUT2D eigenvalue weighted by Gasteiger charge is -2.58. The Kier molecular flexibility index (Phi) is 7.84. The number of ether oxygens (including phenoxy) is 6. The molecule has 2 saturated heterocycles. The summed E-state index contributed by atoms with van der Waals surface area (Å²) in [6, 6.07) is 0. The van der Waals surface area contributed by atoms with Gasteiger partial charge < -0.3 is 28.4 Å². The first-order valence-corrected chi connectivity index (χ1v) is 17.7. The average molecular weight is 649 g/mol. The van der Waals surface area contributed by atoms with Gasteiger partial charge in [-0.3, -0.25) is 9.35 Å². The fourth-order valence-corrected chi connectivity index (χ4v) is 9.80. The van der Waals surface area contributed by atoms with Crippen molar-refractivity contribution in [3.63, 3.8) is 0 Å². The Morgan fingerprint density at radius 2 is 1.32 bits per heavy atom. The van der Waals surface area contributed by atoms with Crippen LogP contribution in [0.2, 0.25) is 0 Å². The number of alkyl halides is 2. The second kappa shape index (κ2) is 11.1. The molecule has 6 saturated carbocycles. The van der Waals surface area contributed by atoms with Crippen LogP contribution in [-0.4, -0.2) is 79.4 Å². The molecule has 0 aromatic rings. The molecule has 0 amide bonds. The second-order valence-electron chi connectivity index (χ2n) is 14.4. The van der Waals surface area contributed by atoms with Gasteiger partial charge in [-0.25, -0.2) is 4.79 Å². The van der Waals surface area contributed by atoms with Crippen LogP contribution in [0.5, 0.6) is 0 Å². The molecule has 0 aromatic carbocycles. The summed E-state index contributed by atoms with van der Waals surface area (Å²) in [6.45, 7) is 0.539. The van der Waals surface area contributed by atoms with Gasteiger partial charge in [-0.2, -0.15) is 17.2 Å². The molecule has 4 unspecified atom stereocenters. The maximum absolute atomic E-state index is 14.2. The zero-order chi connectivity index (χ0) is 31.0. The largest absolute Gasteiger partial charge is 0.465 e. The second-order valence-corrected chi connectivity index (χ2v) is 15.8. The smallest absolute Gasteiger partial charge is 0.456 e. The predicted octanol–water partition coefficient (Wildman–Crippen LogP) is 4.27. The minimum atomic E-state index is -5.98. The van der Waals surface area contributed by atoms with Crippen molar-refractivity contribution in [3.8, 4) is 0 Å². The zero-order valence-electron chi connectivity index (χ0n) is 24.8. The molecule has 11 nitrogen and oxygen atoms in total. The fourth-order valence-electron chi connectivity index (χ4n) is 9.54. The lowest BCUT2D eigenvalue weighted by molar-refractivity contribution is -0.232. The molecule has 8 rings (SSSR count). The SMILES string of the molecule is O=C(OC(C1COC2(CCCCC2)O1)C1COC2(CCCCC2)O1)C12CC3CC(C1)C(OC(=O)C(F)(F)S(=O)(=O)O)C(C3)C2. The third-order valence-corrected chi connectivity index (χ3v) is 12.2. The lowest BCUT2D eigenvalue weighted by atomic mass is 9.48. The Morgan fingerprint density at radius 1 is 0.818 bits per heavy atom. The molecule has 2 spiro atoms. The highest BCUT2D eigenvalue weighted by Gasteiger charge is 2.63. The summed E-state index contributed by atoms with van der Waals surface area (Å²) < 4.78 is 96.1. The van der Waals surface area contributed by atoms with Crippen LogP contribution in [0.3, 0.4) is 0 Å². The van der Waals surface area contributed by atoms with Crippen LogP contribution in [0, 0.1) is 23.2 Å². The molecule has 44 heavy (non-hydrogen) atoms. The van der Waals surface area contributed by atoms with Crippen LogP contribution in [0.1, 0.15) is 96.3 Å². The normalized spacial score (nSPS) is 39.9. The summed E-state index contributed by atoms with van der Waals surface area (Å²) in [6.07, 6.45) is 8.78. The van der Waals surface area contributed by atoms with Gasteiger partial charge in [0.1, 0.15) is 18.3 Å². The van der Waals surface area contributed by atoms with E-state index in [0.717, 1.165) is 64.2 Å². The van der Waals surface area contributed by atoms with Crippen molar-refractivity contribution in [1.82, 2.24) is 0 Å². The molecule has 8 fully saturated rings. The summed E-state index contributed by atoms with van der Waals surface area (Å²) in [5.41, 5.74) is -0.896. The van der Waals surface area contributed by atoms with E-state index in [1.165, 1.54) is 0 Å². The lowest BCUT2D eigenvalue weighted by Crippen LogP contribution is -2.59. The van der Waals surface area contributed by atoms with Gasteiger partial charge in [-0.1, -0.05) is 12.8 Å². The summed E-state index contributed by atoms with van der Waals surface area (Å²) in [5.74, 6) is -4.78. The molecule has 1 N–H and O–H groups in total. The third kappa shape index (κ3) is 5.38. The first kappa shape index (κ1) is 31.2. The number of carbonyl (C=O) groups is 2. The maximum atomic E-state index is 14.2. The molecule has 2 aliphatic heterocycles. The molecule has 4 bridgehead atoms.